The number of carbonyl (C=O) groups excluding carboxylic acids is 2. The van der Waals surface area contributed by atoms with Crippen LogP contribution in [-0.4, -0.2) is 43.0 Å². The van der Waals surface area contributed by atoms with Crippen LogP contribution in [0.1, 0.15) is 43.9 Å². The lowest BCUT2D eigenvalue weighted by Gasteiger charge is -2.28. The number of hydrogen-bond donors (Lipinski definition) is 1. The van der Waals surface area contributed by atoms with Gasteiger partial charge >= 0.3 is 0 Å². The fourth-order valence-electron chi connectivity index (χ4n) is 3.33. The molecule has 2 rings (SSSR count). The number of rotatable bonds is 11. The second-order valence-corrected chi connectivity index (χ2v) is 7.44. The first-order chi connectivity index (χ1) is 14.9. The summed E-state index contributed by atoms with van der Waals surface area (Å²) >= 11 is 0. The van der Waals surface area contributed by atoms with E-state index in [4.69, 9.17) is 9.47 Å². The lowest BCUT2D eigenvalue weighted by atomic mass is 10.1. The van der Waals surface area contributed by atoms with Gasteiger partial charge < -0.3 is 19.7 Å². The number of hydrogen-bond acceptors (Lipinski definition) is 4. The molecule has 0 fully saturated rings. The van der Waals surface area contributed by atoms with Crippen LogP contribution < -0.4 is 14.8 Å². The van der Waals surface area contributed by atoms with Gasteiger partial charge in [-0.25, -0.2) is 0 Å². The number of nitrogens with one attached hydrogen (secondary N) is 1. The summed E-state index contributed by atoms with van der Waals surface area (Å²) < 4.78 is 11.3. The number of benzene rings is 2. The fourth-order valence-corrected chi connectivity index (χ4v) is 3.33. The minimum atomic E-state index is -0.557. The Labute approximate surface area is 185 Å². The van der Waals surface area contributed by atoms with Gasteiger partial charge in [0, 0.05) is 20.0 Å². The molecule has 168 valence electrons. The van der Waals surface area contributed by atoms with Gasteiger partial charge in [-0.15, -0.1) is 0 Å². The molecule has 31 heavy (non-hydrogen) atoms. The van der Waals surface area contributed by atoms with Crippen molar-refractivity contribution in [3.05, 3.63) is 59.2 Å². The molecule has 2 aromatic carbocycles. The normalized spacial score (nSPS) is 11.5. The molecule has 0 spiro atoms. The predicted octanol–water partition coefficient (Wildman–Crippen LogP) is 3.89. The third-order valence-electron chi connectivity index (χ3n) is 5.12. The highest BCUT2D eigenvalue weighted by Gasteiger charge is 2.25. The van der Waals surface area contributed by atoms with Crippen molar-refractivity contribution in [2.24, 2.45) is 0 Å². The number of likely N-dealkylation sites (N-methyl/N-ethyl adjacent to an activating group) is 1. The van der Waals surface area contributed by atoms with E-state index in [0.717, 1.165) is 16.7 Å². The van der Waals surface area contributed by atoms with Crippen molar-refractivity contribution in [2.45, 2.75) is 53.1 Å². The van der Waals surface area contributed by atoms with E-state index in [1.54, 1.807) is 18.9 Å². The minimum Gasteiger partial charge on any atom is -0.490 e. The lowest BCUT2D eigenvalue weighted by molar-refractivity contribution is -0.140. The van der Waals surface area contributed by atoms with Crippen LogP contribution in [0.15, 0.2) is 42.5 Å². The summed E-state index contributed by atoms with van der Waals surface area (Å²) in [4.78, 5) is 27.0. The molecular formula is C25H34N2O4. The third-order valence-corrected chi connectivity index (χ3v) is 5.12. The van der Waals surface area contributed by atoms with E-state index in [9.17, 15) is 9.59 Å². The van der Waals surface area contributed by atoms with Crippen molar-refractivity contribution < 1.29 is 19.1 Å². The van der Waals surface area contributed by atoms with Crippen molar-refractivity contribution >= 4 is 11.8 Å². The van der Waals surface area contributed by atoms with Gasteiger partial charge in [-0.2, -0.15) is 0 Å². The van der Waals surface area contributed by atoms with Gasteiger partial charge in [-0.3, -0.25) is 9.59 Å². The zero-order valence-corrected chi connectivity index (χ0v) is 19.2. The number of aryl methyl sites for hydroxylation is 2. The predicted molar refractivity (Wildman–Crippen MR) is 122 cm³/mol. The molecule has 0 unspecified atom stereocenters. The summed E-state index contributed by atoms with van der Waals surface area (Å²) in [6, 6.07) is 13.2. The molecule has 6 nitrogen and oxygen atoms in total. The van der Waals surface area contributed by atoms with E-state index < -0.39 is 6.04 Å². The van der Waals surface area contributed by atoms with Gasteiger partial charge in [-0.05, 0) is 57.4 Å². The van der Waals surface area contributed by atoms with Crippen LogP contribution >= 0.6 is 0 Å². The van der Waals surface area contributed by atoms with Crippen molar-refractivity contribution in [2.75, 3.05) is 20.3 Å². The molecule has 6 heteroatoms. The molecule has 1 atom stereocenters. The van der Waals surface area contributed by atoms with Gasteiger partial charge in [-0.1, -0.05) is 35.9 Å². The van der Waals surface area contributed by atoms with E-state index in [1.165, 1.54) is 0 Å². The van der Waals surface area contributed by atoms with Gasteiger partial charge in [0.15, 0.2) is 11.5 Å². The quantitative estimate of drug-likeness (QED) is 0.592. The summed E-state index contributed by atoms with van der Waals surface area (Å²) in [6.07, 6.45) is 0.850. The number of nitrogens with zero attached hydrogens (tertiary/aromatic N) is 1. The highest BCUT2D eigenvalue weighted by Crippen LogP contribution is 2.29. The minimum absolute atomic E-state index is 0.0662. The van der Waals surface area contributed by atoms with Crippen LogP contribution in [-0.2, 0) is 22.6 Å². The molecule has 0 saturated heterocycles. The summed E-state index contributed by atoms with van der Waals surface area (Å²) in [7, 11) is 1.59. The first-order valence-electron chi connectivity index (χ1n) is 10.8. The van der Waals surface area contributed by atoms with E-state index in [0.29, 0.717) is 44.1 Å². The molecule has 2 aromatic rings. The van der Waals surface area contributed by atoms with Gasteiger partial charge in [0.1, 0.15) is 6.04 Å². The van der Waals surface area contributed by atoms with Gasteiger partial charge in [0.05, 0.1) is 13.2 Å². The molecular weight excluding hydrogens is 392 g/mol. The molecule has 1 N–H and O–H groups in total. The van der Waals surface area contributed by atoms with E-state index in [1.807, 2.05) is 63.2 Å². The molecule has 2 amide bonds. The average molecular weight is 427 g/mol. The molecule has 0 aromatic heterocycles. The largest absolute Gasteiger partial charge is 0.490 e. The SMILES string of the molecule is CCOc1ccc(CCC(=O)N(Cc2ccc(C)cc2)[C@H](C)C(=O)NC)cc1OCC. The van der Waals surface area contributed by atoms with Crippen LogP contribution in [0.3, 0.4) is 0 Å². The maximum Gasteiger partial charge on any atom is 0.242 e. The maximum absolute atomic E-state index is 13.1. The number of amides is 2. The standard InChI is InChI=1S/C25H34N2O4/c1-6-30-22-14-12-20(16-23(22)31-7-2)13-15-24(28)27(19(4)25(29)26-5)17-21-10-8-18(3)9-11-21/h8-12,14,16,19H,6-7,13,15,17H2,1-5H3,(H,26,29)/t19-/m1/s1. The van der Waals surface area contributed by atoms with Crippen molar-refractivity contribution in [3.63, 3.8) is 0 Å². The average Bonchev–Trinajstić information content (AvgIpc) is 2.77. The Hall–Kier alpha value is -3.02. The van der Waals surface area contributed by atoms with E-state index >= 15 is 0 Å². The number of ether oxygens (including phenoxy) is 2. The van der Waals surface area contributed by atoms with E-state index in [-0.39, 0.29) is 11.8 Å². The molecule has 0 aliphatic heterocycles. The molecule has 0 bridgehead atoms. The Morgan fingerprint density at radius 3 is 2.19 bits per heavy atom. The maximum atomic E-state index is 13.1. The van der Waals surface area contributed by atoms with Crippen molar-refractivity contribution in [1.82, 2.24) is 10.2 Å². The van der Waals surface area contributed by atoms with Crippen molar-refractivity contribution in [1.29, 1.82) is 0 Å². The zero-order valence-electron chi connectivity index (χ0n) is 19.2. The highest BCUT2D eigenvalue weighted by atomic mass is 16.5. The Kier molecular flexibility index (Phi) is 9.38. The molecule has 0 saturated carbocycles. The van der Waals surface area contributed by atoms with Crippen LogP contribution in [0.4, 0.5) is 0 Å². The van der Waals surface area contributed by atoms with Crippen LogP contribution in [0, 0.1) is 6.92 Å². The molecule has 0 radical (unpaired) electrons. The Bertz CT molecular complexity index is 864. The van der Waals surface area contributed by atoms with Gasteiger partial charge in [0.2, 0.25) is 11.8 Å². The van der Waals surface area contributed by atoms with Gasteiger partial charge in [0.25, 0.3) is 0 Å². The van der Waals surface area contributed by atoms with Crippen LogP contribution in [0.5, 0.6) is 11.5 Å². The Morgan fingerprint density at radius 1 is 0.968 bits per heavy atom. The second kappa shape index (κ2) is 12.0. The Balaban J connectivity index is 2.14. The number of carbonyl (C=O) groups is 2. The summed E-state index contributed by atoms with van der Waals surface area (Å²) in [6.45, 7) is 9.12. The highest BCUT2D eigenvalue weighted by molar-refractivity contribution is 5.87. The summed E-state index contributed by atoms with van der Waals surface area (Å²) in [5.74, 6) is 1.14. The lowest BCUT2D eigenvalue weighted by Crippen LogP contribution is -2.46. The van der Waals surface area contributed by atoms with Crippen LogP contribution in [0.2, 0.25) is 0 Å². The van der Waals surface area contributed by atoms with E-state index in [2.05, 4.69) is 5.32 Å². The first-order valence-corrected chi connectivity index (χ1v) is 10.8. The third kappa shape index (κ3) is 7.02. The molecule has 0 heterocycles. The van der Waals surface area contributed by atoms with Crippen molar-refractivity contribution in [3.8, 4) is 11.5 Å². The summed E-state index contributed by atoms with van der Waals surface area (Å²) in [5.41, 5.74) is 3.14. The summed E-state index contributed by atoms with van der Waals surface area (Å²) in [5, 5.41) is 2.65. The Morgan fingerprint density at radius 2 is 1.58 bits per heavy atom. The zero-order chi connectivity index (χ0) is 22.8. The molecule has 0 aliphatic carbocycles. The van der Waals surface area contributed by atoms with Crippen LogP contribution in [0.25, 0.3) is 0 Å². The monoisotopic (exact) mass is 426 g/mol. The first kappa shape index (κ1) is 24.3. The molecule has 0 aliphatic rings. The second-order valence-electron chi connectivity index (χ2n) is 7.44. The smallest absolute Gasteiger partial charge is 0.242 e. The fraction of sp³-hybridized carbons (Fsp3) is 0.440. The topological polar surface area (TPSA) is 67.9 Å².